The zero-order valence-electron chi connectivity index (χ0n) is 11.9. The molecule has 1 aromatic heterocycles. The van der Waals surface area contributed by atoms with Crippen molar-refractivity contribution in [3.05, 3.63) is 72.6 Å². The van der Waals surface area contributed by atoms with Gasteiger partial charge in [0.2, 0.25) is 5.88 Å². The van der Waals surface area contributed by atoms with E-state index in [0.717, 1.165) is 0 Å². The molecule has 0 radical (unpaired) electrons. The van der Waals surface area contributed by atoms with Crippen LogP contribution in [-0.2, 0) is 6.54 Å². The van der Waals surface area contributed by atoms with Crippen LogP contribution in [-0.4, -0.2) is 9.97 Å². The molecular weight excluding hydrogens is 276 g/mol. The van der Waals surface area contributed by atoms with Crippen molar-refractivity contribution in [2.75, 3.05) is 11.1 Å². The molecule has 0 aliphatic rings. The molecule has 0 atom stereocenters. The van der Waals surface area contributed by atoms with E-state index < -0.39 is 0 Å². The highest BCUT2D eigenvalue weighted by atomic mass is 16.5. The summed E-state index contributed by atoms with van der Waals surface area (Å²) in [5.74, 6) is 1.82. The van der Waals surface area contributed by atoms with Crippen molar-refractivity contribution in [1.29, 1.82) is 0 Å². The van der Waals surface area contributed by atoms with E-state index in [0.29, 0.717) is 29.7 Å². The molecule has 0 fully saturated rings. The average Bonchev–Trinajstić information content (AvgIpc) is 2.54. The Morgan fingerprint density at radius 1 is 0.955 bits per heavy atom. The standard InChI is InChI=1S/C17H16N4O/c18-14-7-4-8-15(9-14)22-17-10-16(20-12-21-17)19-11-13-5-2-1-3-6-13/h1-10,12H,11,18H2,(H,19,20,21). The molecule has 3 rings (SSSR count). The SMILES string of the molecule is Nc1cccc(Oc2cc(NCc3ccccc3)ncn2)c1. The fourth-order valence-electron chi connectivity index (χ4n) is 1.98. The average molecular weight is 292 g/mol. The number of nitrogens with zero attached hydrogens (tertiary/aromatic N) is 2. The first-order valence-corrected chi connectivity index (χ1v) is 6.93. The lowest BCUT2D eigenvalue weighted by molar-refractivity contribution is 0.462. The molecule has 0 saturated heterocycles. The topological polar surface area (TPSA) is 73.1 Å². The van der Waals surface area contributed by atoms with Crippen LogP contribution in [0, 0.1) is 0 Å². The molecule has 5 nitrogen and oxygen atoms in total. The number of anilines is 2. The third-order valence-corrected chi connectivity index (χ3v) is 3.04. The van der Waals surface area contributed by atoms with Crippen molar-refractivity contribution in [2.24, 2.45) is 0 Å². The zero-order chi connectivity index (χ0) is 15.2. The van der Waals surface area contributed by atoms with Crippen molar-refractivity contribution in [1.82, 2.24) is 9.97 Å². The molecule has 3 aromatic rings. The Bertz CT molecular complexity index is 746. The van der Waals surface area contributed by atoms with E-state index >= 15 is 0 Å². The van der Waals surface area contributed by atoms with Gasteiger partial charge in [0.25, 0.3) is 0 Å². The molecule has 1 heterocycles. The van der Waals surface area contributed by atoms with Gasteiger partial charge < -0.3 is 15.8 Å². The van der Waals surface area contributed by atoms with Crippen molar-refractivity contribution in [2.45, 2.75) is 6.54 Å². The van der Waals surface area contributed by atoms with E-state index in [1.54, 1.807) is 18.2 Å². The molecule has 0 unspecified atom stereocenters. The minimum atomic E-state index is 0.469. The summed E-state index contributed by atoms with van der Waals surface area (Å²) in [7, 11) is 0. The van der Waals surface area contributed by atoms with Crippen LogP contribution in [0.1, 0.15) is 5.56 Å². The van der Waals surface area contributed by atoms with Crippen LogP contribution in [0.3, 0.4) is 0 Å². The number of rotatable bonds is 5. The Labute approximate surface area is 128 Å². The van der Waals surface area contributed by atoms with E-state index in [1.165, 1.54) is 11.9 Å². The Morgan fingerprint density at radius 2 is 1.82 bits per heavy atom. The second-order valence-electron chi connectivity index (χ2n) is 4.76. The van der Waals surface area contributed by atoms with Crippen LogP contribution in [0.4, 0.5) is 11.5 Å². The summed E-state index contributed by atoms with van der Waals surface area (Å²) in [4.78, 5) is 8.29. The molecular formula is C17H16N4O. The van der Waals surface area contributed by atoms with Gasteiger partial charge in [0, 0.05) is 24.4 Å². The van der Waals surface area contributed by atoms with Crippen molar-refractivity contribution in [3.63, 3.8) is 0 Å². The summed E-state index contributed by atoms with van der Waals surface area (Å²) in [6, 6.07) is 19.1. The molecule has 0 aliphatic heterocycles. The third-order valence-electron chi connectivity index (χ3n) is 3.04. The van der Waals surface area contributed by atoms with E-state index in [1.807, 2.05) is 30.3 Å². The highest BCUT2D eigenvalue weighted by molar-refractivity contribution is 5.45. The van der Waals surface area contributed by atoms with E-state index in [4.69, 9.17) is 10.5 Å². The van der Waals surface area contributed by atoms with E-state index in [9.17, 15) is 0 Å². The van der Waals surface area contributed by atoms with E-state index in [-0.39, 0.29) is 0 Å². The summed E-state index contributed by atoms with van der Waals surface area (Å²) in [5.41, 5.74) is 7.56. The normalized spacial score (nSPS) is 10.2. The summed E-state index contributed by atoms with van der Waals surface area (Å²) < 4.78 is 5.68. The van der Waals surface area contributed by atoms with Gasteiger partial charge in [-0.05, 0) is 17.7 Å². The number of ether oxygens (including phenoxy) is 1. The second-order valence-corrected chi connectivity index (χ2v) is 4.76. The van der Waals surface area contributed by atoms with Crippen molar-refractivity contribution >= 4 is 11.5 Å². The van der Waals surface area contributed by atoms with Gasteiger partial charge in [-0.3, -0.25) is 0 Å². The monoisotopic (exact) mass is 292 g/mol. The van der Waals surface area contributed by atoms with Gasteiger partial charge in [-0.25, -0.2) is 9.97 Å². The predicted molar refractivity (Wildman–Crippen MR) is 86.7 cm³/mol. The maximum atomic E-state index is 5.73. The first-order chi connectivity index (χ1) is 10.8. The van der Waals surface area contributed by atoms with Gasteiger partial charge in [0.1, 0.15) is 17.9 Å². The Kier molecular flexibility index (Phi) is 4.15. The zero-order valence-corrected chi connectivity index (χ0v) is 11.9. The lowest BCUT2D eigenvalue weighted by Gasteiger charge is -2.08. The molecule has 5 heteroatoms. The minimum absolute atomic E-state index is 0.469. The minimum Gasteiger partial charge on any atom is -0.439 e. The number of nitrogen functional groups attached to an aromatic ring is 1. The van der Waals surface area contributed by atoms with Gasteiger partial charge >= 0.3 is 0 Å². The van der Waals surface area contributed by atoms with Crippen LogP contribution in [0.25, 0.3) is 0 Å². The lowest BCUT2D eigenvalue weighted by Crippen LogP contribution is -2.02. The fraction of sp³-hybridized carbons (Fsp3) is 0.0588. The van der Waals surface area contributed by atoms with Crippen LogP contribution in [0.5, 0.6) is 11.6 Å². The maximum absolute atomic E-state index is 5.73. The number of hydrogen-bond acceptors (Lipinski definition) is 5. The molecule has 0 amide bonds. The predicted octanol–water partition coefficient (Wildman–Crippen LogP) is 3.46. The largest absolute Gasteiger partial charge is 0.439 e. The van der Waals surface area contributed by atoms with Gasteiger partial charge in [-0.15, -0.1) is 0 Å². The second kappa shape index (κ2) is 6.58. The molecule has 2 aromatic carbocycles. The Balaban J connectivity index is 1.67. The highest BCUT2D eigenvalue weighted by Crippen LogP contribution is 2.22. The van der Waals surface area contributed by atoms with Crippen LogP contribution in [0.2, 0.25) is 0 Å². The van der Waals surface area contributed by atoms with Crippen molar-refractivity contribution in [3.8, 4) is 11.6 Å². The summed E-state index contributed by atoms with van der Waals surface area (Å²) in [6.45, 7) is 0.690. The number of nitrogens with two attached hydrogens (primary N) is 1. The van der Waals surface area contributed by atoms with Crippen LogP contribution >= 0.6 is 0 Å². The molecule has 0 spiro atoms. The lowest BCUT2D eigenvalue weighted by atomic mass is 10.2. The first-order valence-electron chi connectivity index (χ1n) is 6.93. The molecule has 110 valence electrons. The number of nitrogens with one attached hydrogen (secondary N) is 1. The van der Waals surface area contributed by atoms with Crippen LogP contribution < -0.4 is 15.8 Å². The van der Waals surface area contributed by atoms with Gasteiger partial charge in [0.15, 0.2) is 0 Å². The number of hydrogen-bond donors (Lipinski definition) is 2. The molecule has 0 aliphatic carbocycles. The van der Waals surface area contributed by atoms with Gasteiger partial charge in [0.05, 0.1) is 0 Å². The third kappa shape index (κ3) is 3.73. The summed E-state index contributed by atoms with van der Waals surface area (Å²) in [6.07, 6.45) is 1.47. The van der Waals surface area contributed by atoms with Crippen molar-refractivity contribution < 1.29 is 4.74 Å². The van der Waals surface area contributed by atoms with Gasteiger partial charge in [-0.2, -0.15) is 0 Å². The summed E-state index contributed by atoms with van der Waals surface area (Å²) in [5, 5.41) is 3.24. The maximum Gasteiger partial charge on any atom is 0.224 e. The molecule has 0 bridgehead atoms. The Hall–Kier alpha value is -3.08. The smallest absolute Gasteiger partial charge is 0.224 e. The Morgan fingerprint density at radius 3 is 2.64 bits per heavy atom. The van der Waals surface area contributed by atoms with Gasteiger partial charge in [-0.1, -0.05) is 36.4 Å². The first kappa shape index (κ1) is 13.9. The molecule has 0 saturated carbocycles. The fourth-order valence-corrected chi connectivity index (χ4v) is 1.98. The molecule has 3 N–H and O–H groups in total. The quantitative estimate of drug-likeness (QED) is 0.704. The molecule has 22 heavy (non-hydrogen) atoms. The highest BCUT2D eigenvalue weighted by Gasteiger charge is 2.02. The van der Waals surface area contributed by atoms with Crippen LogP contribution in [0.15, 0.2) is 67.0 Å². The number of benzene rings is 2. The van der Waals surface area contributed by atoms with E-state index in [2.05, 4.69) is 27.4 Å². The summed E-state index contributed by atoms with van der Waals surface area (Å²) >= 11 is 0. The number of aromatic nitrogens is 2.